The van der Waals surface area contributed by atoms with Crippen molar-refractivity contribution >= 4 is 0 Å². The number of aryl methyl sites for hydroxylation is 1. The molecule has 2 N–H and O–H groups in total. The molecule has 0 saturated carbocycles. The van der Waals surface area contributed by atoms with E-state index in [1.54, 1.807) is 6.92 Å². The number of rotatable bonds is 3. The van der Waals surface area contributed by atoms with Crippen molar-refractivity contribution in [3.05, 3.63) is 35.9 Å². The van der Waals surface area contributed by atoms with Crippen LogP contribution >= 0.6 is 0 Å². The Labute approximate surface area is 98.7 Å². The van der Waals surface area contributed by atoms with E-state index in [9.17, 15) is 0 Å². The van der Waals surface area contributed by atoms with Gasteiger partial charge in [0.15, 0.2) is 0 Å². The molecule has 0 radical (unpaired) electrons. The number of ether oxygens (including phenoxy) is 1. The van der Waals surface area contributed by atoms with Crippen molar-refractivity contribution in [2.24, 2.45) is 0 Å². The Bertz CT molecular complexity index is 196. The lowest BCUT2D eigenvalue weighted by molar-refractivity contribution is 0.102. The SMILES string of the molecule is CCO.CCOCCO.Cc1ccccc1. The fraction of sp³-hybridized carbons (Fsp3) is 0.538. The van der Waals surface area contributed by atoms with E-state index in [0.717, 1.165) is 0 Å². The number of hydrogen-bond donors (Lipinski definition) is 2. The fourth-order valence-electron chi connectivity index (χ4n) is 0.743. The van der Waals surface area contributed by atoms with Gasteiger partial charge in [0, 0.05) is 13.2 Å². The van der Waals surface area contributed by atoms with Crippen molar-refractivity contribution in [2.75, 3.05) is 26.4 Å². The molecule has 0 aliphatic rings. The molecule has 0 aliphatic carbocycles. The quantitative estimate of drug-likeness (QED) is 0.778. The predicted molar refractivity (Wildman–Crippen MR) is 67.5 cm³/mol. The van der Waals surface area contributed by atoms with Crippen LogP contribution in [0.1, 0.15) is 19.4 Å². The van der Waals surface area contributed by atoms with Crippen LogP contribution in [0.25, 0.3) is 0 Å². The molecule has 0 heterocycles. The molecule has 0 aromatic heterocycles. The smallest absolute Gasteiger partial charge is 0.0697 e. The zero-order valence-electron chi connectivity index (χ0n) is 10.5. The van der Waals surface area contributed by atoms with Crippen LogP contribution < -0.4 is 0 Å². The van der Waals surface area contributed by atoms with E-state index in [4.69, 9.17) is 14.9 Å². The van der Waals surface area contributed by atoms with Crippen LogP contribution in [0.3, 0.4) is 0 Å². The van der Waals surface area contributed by atoms with Crippen molar-refractivity contribution in [1.29, 1.82) is 0 Å². The monoisotopic (exact) mass is 228 g/mol. The minimum Gasteiger partial charge on any atom is -0.397 e. The molecule has 3 heteroatoms. The van der Waals surface area contributed by atoms with Gasteiger partial charge in [0.2, 0.25) is 0 Å². The van der Waals surface area contributed by atoms with Gasteiger partial charge >= 0.3 is 0 Å². The third-order valence-electron chi connectivity index (χ3n) is 1.38. The van der Waals surface area contributed by atoms with Gasteiger partial charge in [0.25, 0.3) is 0 Å². The maximum absolute atomic E-state index is 8.07. The van der Waals surface area contributed by atoms with Crippen LogP contribution in [-0.2, 0) is 4.74 Å². The number of aliphatic hydroxyl groups excluding tert-OH is 2. The first kappa shape index (κ1) is 17.5. The highest BCUT2D eigenvalue weighted by Gasteiger charge is 1.73. The summed E-state index contributed by atoms with van der Waals surface area (Å²) in [6, 6.07) is 10.3. The zero-order chi connectivity index (χ0) is 12.6. The lowest BCUT2D eigenvalue weighted by atomic mass is 10.2. The highest BCUT2D eigenvalue weighted by atomic mass is 16.5. The molecule has 0 atom stereocenters. The minimum atomic E-state index is 0.133. The van der Waals surface area contributed by atoms with E-state index >= 15 is 0 Å². The summed E-state index contributed by atoms with van der Waals surface area (Å²) in [6.07, 6.45) is 0. The molecule has 94 valence electrons. The minimum absolute atomic E-state index is 0.133. The molecule has 1 rings (SSSR count). The number of aliphatic hydroxyl groups is 2. The normalized spacial score (nSPS) is 8.31. The van der Waals surface area contributed by atoms with E-state index in [1.165, 1.54) is 5.56 Å². The Morgan fingerprint density at radius 1 is 1.06 bits per heavy atom. The molecule has 0 spiro atoms. The Morgan fingerprint density at radius 3 is 1.75 bits per heavy atom. The van der Waals surface area contributed by atoms with Crippen molar-refractivity contribution in [3.63, 3.8) is 0 Å². The highest BCUT2D eigenvalue weighted by Crippen LogP contribution is 1.92. The van der Waals surface area contributed by atoms with E-state index in [-0.39, 0.29) is 13.2 Å². The second kappa shape index (κ2) is 16.5. The maximum Gasteiger partial charge on any atom is 0.0697 e. The third kappa shape index (κ3) is 18.8. The van der Waals surface area contributed by atoms with Crippen molar-refractivity contribution in [3.8, 4) is 0 Å². The summed E-state index contributed by atoms with van der Waals surface area (Å²) in [4.78, 5) is 0. The number of hydrogen-bond acceptors (Lipinski definition) is 3. The first-order valence-corrected chi connectivity index (χ1v) is 5.53. The van der Waals surface area contributed by atoms with Gasteiger partial charge in [-0.2, -0.15) is 0 Å². The lowest BCUT2D eigenvalue weighted by Gasteiger charge is -1.91. The van der Waals surface area contributed by atoms with Crippen LogP contribution in [0.2, 0.25) is 0 Å². The lowest BCUT2D eigenvalue weighted by Crippen LogP contribution is -1.96. The molecule has 0 unspecified atom stereocenters. The van der Waals surface area contributed by atoms with Gasteiger partial charge in [0.1, 0.15) is 0 Å². The summed E-state index contributed by atoms with van der Waals surface area (Å²) >= 11 is 0. The fourth-order valence-corrected chi connectivity index (χ4v) is 0.743. The van der Waals surface area contributed by atoms with Crippen LogP contribution in [0, 0.1) is 6.92 Å². The third-order valence-corrected chi connectivity index (χ3v) is 1.38. The molecule has 0 saturated heterocycles. The standard InChI is InChI=1S/C7H8.C4H10O2.C2H6O/c1-7-5-3-2-4-6-7;1-2-6-4-3-5;1-2-3/h2-6H,1H3;5H,2-4H2,1H3;3H,2H2,1H3. The molecule has 0 aliphatic heterocycles. The van der Waals surface area contributed by atoms with Crippen LogP contribution in [-0.4, -0.2) is 36.6 Å². The summed E-state index contributed by atoms with van der Waals surface area (Å²) in [5.41, 5.74) is 1.32. The van der Waals surface area contributed by atoms with E-state index < -0.39 is 0 Å². The molecule has 1 aromatic carbocycles. The van der Waals surface area contributed by atoms with Gasteiger partial charge in [-0.25, -0.2) is 0 Å². The second-order valence-corrected chi connectivity index (χ2v) is 2.89. The van der Waals surface area contributed by atoms with Crippen molar-refractivity contribution in [1.82, 2.24) is 0 Å². The second-order valence-electron chi connectivity index (χ2n) is 2.89. The Hall–Kier alpha value is -0.900. The van der Waals surface area contributed by atoms with Crippen molar-refractivity contribution in [2.45, 2.75) is 20.8 Å². The van der Waals surface area contributed by atoms with Crippen LogP contribution in [0.5, 0.6) is 0 Å². The van der Waals surface area contributed by atoms with Gasteiger partial charge in [-0.3, -0.25) is 0 Å². The molecule has 0 amide bonds. The Morgan fingerprint density at radius 2 is 1.56 bits per heavy atom. The largest absolute Gasteiger partial charge is 0.397 e. The van der Waals surface area contributed by atoms with Gasteiger partial charge in [-0.05, 0) is 20.8 Å². The van der Waals surface area contributed by atoms with Gasteiger partial charge < -0.3 is 14.9 Å². The van der Waals surface area contributed by atoms with Gasteiger partial charge in [-0.15, -0.1) is 0 Å². The van der Waals surface area contributed by atoms with E-state index in [0.29, 0.717) is 13.2 Å². The van der Waals surface area contributed by atoms with E-state index in [2.05, 4.69) is 19.1 Å². The summed E-state index contributed by atoms with van der Waals surface area (Å²) in [6.45, 7) is 7.21. The summed E-state index contributed by atoms with van der Waals surface area (Å²) in [7, 11) is 0. The summed E-state index contributed by atoms with van der Waals surface area (Å²) in [5, 5.41) is 15.6. The van der Waals surface area contributed by atoms with E-state index in [1.807, 2.05) is 25.1 Å². The topological polar surface area (TPSA) is 49.7 Å². The summed E-state index contributed by atoms with van der Waals surface area (Å²) < 4.78 is 4.73. The highest BCUT2D eigenvalue weighted by molar-refractivity contribution is 5.11. The maximum atomic E-state index is 8.07. The predicted octanol–water partition coefficient (Wildman–Crippen LogP) is 2.01. The van der Waals surface area contributed by atoms with Gasteiger partial charge in [0.05, 0.1) is 13.2 Å². The molecule has 0 fully saturated rings. The zero-order valence-corrected chi connectivity index (χ0v) is 10.5. The molecule has 1 aromatic rings. The summed E-state index contributed by atoms with van der Waals surface area (Å²) in [5.74, 6) is 0. The molecular formula is C13H24O3. The van der Waals surface area contributed by atoms with Crippen LogP contribution in [0.4, 0.5) is 0 Å². The molecular weight excluding hydrogens is 204 g/mol. The van der Waals surface area contributed by atoms with Crippen molar-refractivity contribution < 1.29 is 14.9 Å². The van der Waals surface area contributed by atoms with Gasteiger partial charge in [-0.1, -0.05) is 35.9 Å². The number of benzene rings is 1. The van der Waals surface area contributed by atoms with Crippen LogP contribution in [0.15, 0.2) is 30.3 Å². The molecule has 0 bridgehead atoms. The molecule has 3 nitrogen and oxygen atoms in total. The Kier molecular flexibility index (Phi) is 18.1. The average Bonchev–Trinajstić information content (AvgIpc) is 2.29. The average molecular weight is 228 g/mol. The molecule has 16 heavy (non-hydrogen) atoms. The Balaban J connectivity index is 0. The first-order valence-electron chi connectivity index (χ1n) is 5.53. The first-order chi connectivity index (χ1) is 7.72.